The standard InChI is InChI=1S/C11H12ClNO3S3/c1-7-10(4-9(6-14)17-7)19(15,16)13-5-8-2-3-11(12)18-8/h2-4,13-14H,5-6H2,1H3. The van der Waals surface area contributed by atoms with Crippen LogP contribution in [0.2, 0.25) is 4.34 Å². The average Bonchev–Trinajstić information content (AvgIpc) is 2.93. The van der Waals surface area contributed by atoms with Gasteiger partial charge in [0.1, 0.15) is 0 Å². The fourth-order valence-electron chi connectivity index (χ4n) is 1.56. The van der Waals surface area contributed by atoms with Crippen molar-refractivity contribution in [1.82, 2.24) is 4.72 Å². The SMILES string of the molecule is Cc1sc(CO)cc1S(=O)(=O)NCc1ccc(Cl)s1. The zero-order valence-electron chi connectivity index (χ0n) is 10.0. The molecule has 0 fully saturated rings. The van der Waals surface area contributed by atoms with Crippen LogP contribution in [-0.2, 0) is 23.2 Å². The summed E-state index contributed by atoms with van der Waals surface area (Å²) in [5.74, 6) is 0. The first-order valence-electron chi connectivity index (χ1n) is 5.36. The minimum atomic E-state index is -3.56. The second kappa shape index (κ2) is 5.90. The third-order valence-electron chi connectivity index (χ3n) is 2.43. The lowest BCUT2D eigenvalue weighted by Gasteiger charge is -2.04. The predicted molar refractivity (Wildman–Crippen MR) is 78.3 cm³/mol. The first-order chi connectivity index (χ1) is 8.92. The van der Waals surface area contributed by atoms with E-state index in [2.05, 4.69) is 4.72 Å². The zero-order chi connectivity index (χ0) is 14.0. The van der Waals surface area contributed by atoms with Crippen LogP contribution >= 0.6 is 34.3 Å². The Morgan fingerprint density at radius 1 is 1.32 bits per heavy atom. The molecule has 0 aromatic carbocycles. The molecule has 2 rings (SSSR count). The van der Waals surface area contributed by atoms with Crippen molar-refractivity contribution < 1.29 is 13.5 Å². The summed E-state index contributed by atoms with van der Waals surface area (Å²) in [5.41, 5.74) is 0. The van der Waals surface area contributed by atoms with Gasteiger partial charge >= 0.3 is 0 Å². The Kier molecular flexibility index (Phi) is 4.65. The summed E-state index contributed by atoms with van der Waals surface area (Å²) in [6.07, 6.45) is 0. The van der Waals surface area contributed by atoms with Crippen molar-refractivity contribution in [3.63, 3.8) is 0 Å². The van der Waals surface area contributed by atoms with Gasteiger partial charge in [-0.25, -0.2) is 13.1 Å². The topological polar surface area (TPSA) is 66.4 Å². The van der Waals surface area contributed by atoms with Gasteiger partial charge in [0.25, 0.3) is 0 Å². The number of sulfonamides is 1. The zero-order valence-corrected chi connectivity index (χ0v) is 13.2. The number of hydrogen-bond acceptors (Lipinski definition) is 5. The fourth-order valence-corrected chi connectivity index (χ4v) is 5.18. The normalized spacial score (nSPS) is 11.9. The number of hydrogen-bond donors (Lipinski definition) is 2. The number of thiophene rings is 2. The summed E-state index contributed by atoms with van der Waals surface area (Å²) in [7, 11) is -3.56. The van der Waals surface area contributed by atoms with Gasteiger partial charge in [0.2, 0.25) is 10.0 Å². The molecule has 2 heterocycles. The Balaban J connectivity index is 2.15. The molecule has 2 N–H and O–H groups in total. The Morgan fingerprint density at radius 3 is 2.58 bits per heavy atom. The largest absolute Gasteiger partial charge is 0.391 e. The van der Waals surface area contributed by atoms with E-state index in [1.807, 2.05) is 0 Å². The number of nitrogens with one attached hydrogen (secondary N) is 1. The number of aryl methyl sites for hydroxylation is 1. The minimum absolute atomic E-state index is 0.151. The van der Waals surface area contributed by atoms with Crippen molar-refractivity contribution >= 4 is 44.3 Å². The van der Waals surface area contributed by atoms with Crippen LogP contribution in [0.25, 0.3) is 0 Å². The lowest BCUT2D eigenvalue weighted by atomic mass is 10.4. The Morgan fingerprint density at radius 2 is 2.05 bits per heavy atom. The van der Waals surface area contributed by atoms with Gasteiger partial charge in [-0.2, -0.15) is 0 Å². The van der Waals surface area contributed by atoms with Crippen LogP contribution in [0.15, 0.2) is 23.1 Å². The molecular formula is C11H12ClNO3S3. The van der Waals surface area contributed by atoms with E-state index in [1.54, 1.807) is 19.1 Å². The van der Waals surface area contributed by atoms with E-state index < -0.39 is 10.0 Å². The van der Waals surface area contributed by atoms with Crippen LogP contribution in [0, 0.1) is 6.92 Å². The van der Waals surface area contributed by atoms with Gasteiger partial charge in [-0.05, 0) is 25.1 Å². The molecule has 0 atom stereocenters. The van der Waals surface area contributed by atoms with Gasteiger partial charge in [0.05, 0.1) is 15.8 Å². The second-order valence-electron chi connectivity index (χ2n) is 3.82. The van der Waals surface area contributed by atoms with Crippen LogP contribution in [0.5, 0.6) is 0 Å². The monoisotopic (exact) mass is 337 g/mol. The van der Waals surface area contributed by atoms with E-state index in [0.717, 1.165) is 4.88 Å². The Hall–Kier alpha value is -0.440. The van der Waals surface area contributed by atoms with Crippen LogP contribution in [0.4, 0.5) is 0 Å². The van der Waals surface area contributed by atoms with Crippen LogP contribution < -0.4 is 4.72 Å². The molecular weight excluding hydrogens is 326 g/mol. The molecule has 19 heavy (non-hydrogen) atoms. The molecule has 0 saturated heterocycles. The molecule has 0 amide bonds. The maximum Gasteiger partial charge on any atom is 0.242 e. The maximum absolute atomic E-state index is 12.1. The molecule has 2 aromatic rings. The maximum atomic E-state index is 12.1. The average molecular weight is 338 g/mol. The molecule has 0 aliphatic heterocycles. The fraction of sp³-hybridized carbons (Fsp3) is 0.273. The molecule has 0 bridgehead atoms. The van der Waals surface area contributed by atoms with E-state index >= 15 is 0 Å². The highest BCUT2D eigenvalue weighted by Crippen LogP contribution is 2.26. The summed E-state index contributed by atoms with van der Waals surface area (Å²) in [5, 5.41) is 9.03. The van der Waals surface area contributed by atoms with Crippen molar-refractivity contribution in [2.24, 2.45) is 0 Å². The summed E-state index contributed by atoms with van der Waals surface area (Å²) >= 11 is 8.41. The molecule has 2 aromatic heterocycles. The molecule has 0 spiro atoms. The van der Waals surface area contributed by atoms with Crippen molar-refractivity contribution in [3.05, 3.63) is 37.2 Å². The van der Waals surface area contributed by atoms with E-state index in [9.17, 15) is 8.42 Å². The van der Waals surface area contributed by atoms with Crippen molar-refractivity contribution in [2.75, 3.05) is 0 Å². The van der Waals surface area contributed by atoms with Gasteiger partial charge in [-0.15, -0.1) is 22.7 Å². The highest BCUT2D eigenvalue weighted by atomic mass is 35.5. The third-order valence-corrected chi connectivity index (χ3v) is 6.36. The van der Waals surface area contributed by atoms with Crippen molar-refractivity contribution in [2.45, 2.75) is 25.0 Å². The smallest absolute Gasteiger partial charge is 0.242 e. The van der Waals surface area contributed by atoms with Crippen LogP contribution in [-0.4, -0.2) is 13.5 Å². The van der Waals surface area contributed by atoms with Gasteiger partial charge < -0.3 is 5.11 Å². The van der Waals surface area contributed by atoms with Gasteiger partial charge in [0.15, 0.2) is 0 Å². The molecule has 4 nitrogen and oxygen atoms in total. The molecule has 0 saturated carbocycles. The van der Waals surface area contributed by atoms with Crippen LogP contribution in [0.3, 0.4) is 0 Å². The quantitative estimate of drug-likeness (QED) is 0.881. The summed E-state index contributed by atoms with van der Waals surface area (Å²) in [4.78, 5) is 2.38. The summed E-state index contributed by atoms with van der Waals surface area (Å²) < 4.78 is 27.5. The molecule has 0 aliphatic carbocycles. The highest BCUT2D eigenvalue weighted by Gasteiger charge is 2.19. The molecule has 8 heteroatoms. The van der Waals surface area contributed by atoms with E-state index in [4.69, 9.17) is 16.7 Å². The summed E-state index contributed by atoms with van der Waals surface area (Å²) in [6.45, 7) is 1.78. The highest BCUT2D eigenvalue weighted by molar-refractivity contribution is 7.89. The van der Waals surface area contributed by atoms with Crippen molar-refractivity contribution in [3.8, 4) is 0 Å². The van der Waals surface area contributed by atoms with Gasteiger partial charge in [-0.3, -0.25) is 0 Å². The number of aliphatic hydroxyl groups is 1. The molecule has 104 valence electrons. The second-order valence-corrected chi connectivity index (χ2v) is 8.70. The molecule has 0 aliphatic rings. The van der Waals surface area contributed by atoms with E-state index in [0.29, 0.717) is 14.1 Å². The van der Waals surface area contributed by atoms with Gasteiger partial charge in [-0.1, -0.05) is 11.6 Å². The third kappa shape index (κ3) is 3.56. The molecule has 0 radical (unpaired) electrons. The van der Waals surface area contributed by atoms with E-state index in [1.165, 1.54) is 28.7 Å². The Bertz CT molecular complexity index is 675. The predicted octanol–water partition coefficient (Wildman–Crippen LogP) is 2.74. The summed E-state index contributed by atoms with van der Waals surface area (Å²) in [6, 6.07) is 5.02. The number of aliphatic hydroxyl groups excluding tert-OH is 1. The molecule has 0 unspecified atom stereocenters. The van der Waals surface area contributed by atoms with Gasteiger partial charge in [0, 0.05) is 21.2 Å². The lowest BCUT2D eigenvalue weighted by Crippen LogP contribution is -2.22. The first-order valence-corrected chi connectivity index (χ1v) is 8.86. The van der Waals surface area contributed by atoms with Crippen LogP contribution in [0.1, 0.15) is 14.6 Å². The first kappa shape index (κ1) is 15.0. The van der Waals surface area contributed by atoms with E-state index in [-0.39, 0.29) is 18.0 Å². The Labute approximate surface area is 124 Å². The number of rotatable bonds is 5. The minimum Gasteiger partial charge on any atom is -0.391 e. The van der Waals surface area contributed by atoms with Crippen molar-refractivity contribution in [1.29, 1.82) is 0 Å². The lowest BCUT2D eigenvalue weighted by molar-refractivity contribution is 0.285. The number of halogens is 1.